The first-order valence-electron chi connectivity index (χ1n) is 7.03. The highest BCUT2D eigenvalue weighted by molar-refractivity contribution is 7.99. The predicted molar refractivity (Wildman–Crippen MR) is 86.4 cm³/mol. The summed E-state index contributed by atoms with van der Waals surface area (Å²) in [6.07, 6.45) is 0. The quantitative estimate of drug-likeness (QED) is 0.668. The molecule has 1 heterocycles. The number of rotatable bonds is 5. The average molecular weight is 330 g/mol. The summed E-state index contributed by atoms with van der Waals surface area (Å²) in [7, 11) is 1.61. The monoisotopic (exact) mass is 330 g/mol. The van der Waals surface area contributed by atoms with Crippen LogP contribution in [0.1, 0.15) is 17.7 Å². The second-order valence-corrected chi connectivity index (χ2v) is 6.16. The van der Waals surface area contributed by atoms with Gasteiger partial charge in [-0.25, -0.2) is 4.39 Å². The van der Waals surface area contributed by atoms with Gasteiger partial charge in [0.1, 0.15) is 17.3 Å². The Morgan fingerprint density at radius 3 is 2.61 bits per heavy atom. The molecule has 0 radical (unpaired) electrons. The van der Waals surface area contributed by atoms with Crippen LogP contribution in [-0.4, -0.2) is 27.3 Å². The first kappa shape index (κ1) is 15.5. The van der Waals surface area contributed by atoms with Gasteiger partial charge < -0.3 is 4.74 Å². The van der Waals surface area contributed by atoms with Crippen LogP contribution in [0.2, 0.25) is 0 Å². The van der Waals surface area contributed by atoms with Crippen LogP contribution in [0.5, 0.6) is 5.75 Å². The minimum Gasteiger partial charge on any atom is -0.494 e. The number of hydrogen-bond acceptors (Lipinski definition) is 5. The molecule has 1 atom stereocenters. The van der Waals surface area contributed by atoms with Gasteiger partial charge in [-0.3, -0.25) is 0 Å². The van der Waals surface area contributed by atoms with Crippen LogP contribution in [0.4, 0.5) is 4.39 Å². The highest BCUT2D eigenvalue weighted by Gasteiger charge is 2.16. The van der Waals surface area contributed by atoms with Crippen LogP contribution < -0.4 is 4.74 Å². The number of para-hydroxylation sites is 2. The van der Waals surface area contributed by atoms with Gasteiger partial charge in [0, 0.05) is 5.25 Å². The van der Waals surface area contributed by atoms with Crippen molar-refractivity contribution >= 4 is 11.8 Å². The van der Waals surface area contributed by atoms with Crippen LogP contribution in [0.15, 0.2) is 53.7 Å². The molecule has 0 unspecified atom stereocenters. The van der Waals surface area contributed by atoms with E-state index in [4.69, 9.17) is 4.74 Å². The molecule has 0 amide bonds. The van der Waals surface area contributed by atoms with E-state index < -0.39 is 0 Å². The van der Waals surface area contributed by atoms with E-state index in [2.05, 4.69) is 15.5 Å². The molecule has 118 valence electrons. The van der Waals surface area contributed by atoms with E-state index in [1.807, 2.05) is 31.2 Å². The summed E-state index contributed by atoms with van der Waals surface area (Å²) in [5.74, 6) is 0.445. The third-order valence-corrected chi connectivity index (χ3v) is 4.47. The number of halogens is 1. The lowest BCUT2D eigenvalue weighted by Crippen LogP contribution is -2.02. The fourth-order valence-corrected chi connectivity index (χ4v) is 3.10. The van der Waals surface area contributed by atoms with E-state index in [9.17, 15) is 4.39 Å². The van der Waals surface area contributed by atoms with Gasteiger partial charge in [-0.2, -0.15) is 4.68 Å². The predicted octanol–water partition coefficient (Wildman–Crippen LogP) is 3.66. The lowest BCUT2D eigenvalue weighted by molar-refractivity contribution is 0.410. The van der Waals surface area contributed by atoms with Gasteiger partial charge >= 0.3 is 0 Å². The van der Waals surface area contributed by atoms with Crippen LogP contribution >= 0.6 is 11.8 Å². The molecule has 7 heteroatoms. The maximum Gasteiger partial charge on any atom is 0.214 e. The van der Waals surface area contributed by atoms with E-state index >= 15 is 0 Å². The third kappa shape index (κ3) is 3.34. The molecule has 0 aliphatic rings. The Labute approximate surface area is 137 Å². The Morgan fingerprint density at radius 2 is 1.87 bits per heavy atom. The molecule has 0 spiro atoms. The van der Waals surface area contributed by atoms with Crippen molar-refractivity contribution in [3.8, 4) is 11.4 Å². The van der Waals surface area contributed by atoms with E-state index in [0.717, 1.165) is 11.3 Å². The first-order chi connectivity index (χ1) is 11.2. The van der Waals surface area contributed by atoms with Gasteiger partial charge in [0.15, 0.2) is 0 Å². The minimum atomic E-state index is -0.246. The van der Waals surface area contributed by atoms with E-state index in [1.165, 1.54) is 23.9 Å². The molecular weight excluding hydrogens is 315 g/mol. The zero-order valence-corrected chi connectivity index (χ0v) is 13.5. The summed E-state index contributed by atoms with van der Waals surface area (Å²) in [5.41, 5.74) is 1.78. The fourth-order valence-electron chi connectivity index (χ4n) is 2.17. The van der Waals surface area contributed by atoms with Crippen LogP contribution in [0.3, 0.4) is 0 Å². The van der Waals surface area contributed by atoms with Gasteiger partial charge in [-0.15, -0.1) is 5.10 Å². The smallest absolute Gasteiger partial charge is 0.214 e. The van der Waals surface area contributed by atoms with Gasteiger partial charge in [0.05, 0.1) is 7.11 Å². The van der Waals surface area contributed by atoms with Crippen molar-refractivity contribution in [1.29, 1.82) is 0 Å². The molecule has 5 nitrogen and oxygen atoms in total. The Balaban J connectivity index is 1.88. The minimum absolute atomic E-state index is 0.0788. The molecular formula is C16H15FN4OS. The van der Waals surface area contributed by atoms with Gasteiger partial charge in [0.25, 0.3) is 0 Å². The van der Waals surface area contributed by atoms with Crippen molar-refractivity contribution in [3.05, 3.63) is 59.9 Å². The summed E-state index contributed by atoms with van der Waals surface area (Å²) in [4.78, 5) is 0. The van der Waals surface area contributed by atoms with Crippen LogP contribution in [0, 0.1) is 5.82 Å². The van der Waals surface area contributed by atoms with Crippen molar-refractivity contribution in [2.45, 2.75) is 17.3 Å². The molecule has 0 aliphatic carbocycles. The zero-order valence-electron chi connectivity index (χ0n) is 12.7. The number of tetrazole rings is 1. The highest BCUT2D eigenvalue weighted by Crippen LogP contribution is 2.35. The summed E-state index contributed by atoms with van der Waals surface area (Å²) in [6, 6.07) is 14.0. The second kappa shape index (κ2) is 6.78. The fraction of sp³-hybridized carbons (Fsp3) is 0.188. The Hall–Kier alpha value is -2.41. The normalized spacial score (nSPS) is 12.1. The zero-order chi connectivity index (χ0) is 16.2. The van der Waals surface area contributed by atoms with E-state index in [1.54, 1.807) is 23.9 Å². The Morgan fingerprint density at radius 1 is 1.13 bits per heavy atom. The Bertz CT molecular complexity index is 791. The number of nitrogens with zero attached hydrogens (tertiary/aromatic N) is 4. The average Bonchev–Trinajstić information content (AvgIpc) is 3.03. The number of aromatic nitrogens is 4. The molecule has 0 bridgehead atoms. The number of thioether (sulfide) groups is 1. The molecule has 3 rings (SSSR count). The maximum atomic E-state index is 13.0. The highest BCUT2D eigenvalue weighted by atomic mass is 32.2. The summed E-state index contributed by atoms with van der Waals surface area (Å²) < 4.78 is 20.0. The van der Waals surface area contributed by atoms with Crippen molar-refractivity contribution < 1.29 is 9.13 Å². The van der Waals surface area contributed by atoms with Gasteiger partial charge in [-0.1, -0.05) is 36.0 Å². The lowest BCUT2D eigenvalue weighted by Gasteiger charge is -2.12. The molecule has 0 saturated heterocycles. The summed E-state index contributed by atoms with van der Waals surface area (Å²) in [5, 5.41) is 12.6. The van der Waals surface area contributed by atoms with Crippen molar-refractivity contribution in [1.82, 2.24) is 20.2 Å². The van der Waals surface area contributed by atoms with Crippen LogP contribution in [0.25, 0.3) is 5.69 Å². The molecule has 3 aromatic rings. The molecule has 23 heavy (non-hydrogen) atoms. The molecule has 0 N–H and O–H groups in total. The van der Waals surface area contributed by atoms with Crippen molar-refractivity contribution in [3.63, 3.8) is 0 Å². The lowest BCUT2D eigenvalue weighted by atomic mass is 10.2. The van der Waals surface area contributed by atoms with E-state index in [0.29, 0.717) is 10.9 Å². The molecule has 2 aromatic carbocycles. The van der Waals surface area contributed by atoms with E-state index in [-0.39, 0.29) is 11.1 Å². The molecule has 1 aromatic heterocycles. The van der Waals surface area contributed by atoms with Crippen LogP contribution in [-0.2, 0) is 0 Å². The standard InChI is InChI=1S/C16H15FN4OS/c1-11(12-7-9-13(17)10-8-12)23-16-18-19-20-21(16)14-5-3-4-6-15(14)22-2/h3-11H,1-2H3/t11-/m1/s1. The molecule has 0 aliphatic heterocycles. The number of ether oxygens (including phenoxy) is 1. The van der Waals surface area contributed by atoms with Gasteiger partial charge in [0.2, 0.25) is 5.16 Å². The number of hydrogen-bond donors (Lipinski definition) is 0. The maximum absolute atomic E-state index is 13.0. The third-order valence-electron chi connectivity index (χ3n) is 3.38. The summed E-state index contributed by atoms with van der Waals surface area (Å²) in [6.45, 7) is 2.03. The number of methoxy groups -OCH3 is 1. The number of benzene rings is 2. The second-order valence-electron chi connectivity index (χ2n) is 4.86. The molecule has 0 saturated carbocycles. The first-order valence-corrected chi connectivity index (χ1v) is 7.91. The van der Waals surface area contributed by atoms with Gasteiger partial charge in [-0.05, 0) is 47.2 Å². The SMILES string of the molecule is COc1ccccc1-n1nnnc1S[C@H](C)c1ccc(F)cc1. The Kier molecular flexibility index (Phi) is 4.57. The molecule has 0 fully saturated rings. The van der Waals surface area contributed by atoms with Crippen molar-refractivity contribution in [2.24, 2.45) is 0 Å². The topological polar surface area (TPSA) is 52.8 Å². The van der Waals surface area contributed by atoms with Crippen molar-refractivity contribution in [2.75, 3.05) is 7.11 Å². The largest absolute Gasteiger partial charge is 0.494 e. The summed E-state index contributed by atoms with van der Waals surface area (Å²) >= 11 is 1.50.